The Labute approximate surface area is 147 Å². The Morgan fingerprint density at radius 1 is 0.833 bits per heavy atom. The van der Waals surface area contributed by atoms with Gasteiger partial charge in [0.25, 0.3) is 0 Å². The van der Waals surface area contributed by atoms with Crippen LogP contribution in [0.4, 0.5) is 0 Å². The molecule has 0 saturated heterocycles. The number of carbonyl (C=O) groups is 2. The average Bonchev–Trinajstić information content (AvgIpc) is 2.52. The zero-order valence-electron chi connectivity index (χ0n) is 15.9. The molecule has 2 atom stereocenters. The van der Waals surface area contributed by atoms with E-state index in [1.807, 2.05) is 0 Å². The molecule has 0 aromatic carbocycles. The summed E-state index contributed by atoms with van der Waals surface area (Å²) in [5, 5.41) is 0. The number of carbonyl (C=O) groups excluding carboxylic acids is 2. The summed E-state index contributed by atoms with van der Waals surface area (Å²) in [5.41, 5.74) is 0.681. The molecule has 138 valence electrons. The van der Waals surface area contributed by atoms with Gasteiger partial charge in [0.05, 0.1) is 0 Å². The molecule has 0 bridgehead atoms. The first-order valence-corrected chi connectivity index (χ1v) is 9.02. The van der Waals surface area contributed by atoms with Crippen LogP contribution in [0.25, 0.3) is 0 Å². The maximum absolute atomic E-state index is 11.8. The quantitative estimate of drug-likeness (QED) is 0.266. The van der Waals surface area contributed by atoms with Crippen LogP contribution < -0.4 is 0 Å². The van der Waals surface area contributed by atoms with E-state index in [2.05, 4.69) is 20.1 Å². The van der Waals surface area contributed by atoms with E-state index in [-0.39, 0.29) is 0 Å². The van der Waals surface area contributed by atoms with E-state index in [0.717, 1.165) is 12.8 Å². The zero-order valence-corrected chi connectivity index (χ0v) is 15.9. The largest absolute Gasteiger partial charge is 0.455 e. The number of hydrogen-bond donors (Lipinski definition) is 0. The minimum atomic E-state index is -0.502. The lowest BCUT2D eigenvalue weighted by Gasteiger charge is -2.24. The van der Waals surface area contributed by atoms with Gasteiger partial charge in [-0.05, 0) is 33.6 Å². The number of ether oxygens (including phenoxy) is 2. The average molecular weight is 338 g/mol. The van der Waals surface area contributed by atoms with E-state index in [1.165, 1.54) is 32.1 Å². The van der Waals surface area contributed by atoms with Gasteiger partial charge in [0, 0.05) is 11.1 Å². The van der Waals surface area contributed by atoms with E-state index in [4.69, 9.17) is 9.47 Å². The highest BCUT2D eigenvalue weighted by molar-refractivity contribution is 5.88. The van der Waals surface area contributed by atoms with Crippen LogP contribution in [0.2, 0.25) is 0 Å². The Hall–Kier alpha value is -1.58. The van der Waals surface area contributed by atoms with Crippen molar-refractivity contribution in [3.05, 3.63) is 24.3 Å². The van der Waals surface area contributed by atoms with Crippen LogP contribution in [-0.2, 0) is 19.1 Å². The predicted octanol–water partition coefficient (Wildman–Crippen LogP) is 5.12. The first kappa shape index (κ1) is 22.4. The number of rotatable bonds is 13. The van der Waals surface area contributed by atoms with Crippen molar-refractivity contribution in [3.63, 3.8) is 0 Å². The van der Waals surface area contributed by atoms with Crippen molar-refractivity contribution in [2.75, 3.05) is 0 Å². The van der Waals surface area contributed by atoms with Crippen LogP contribution in [0.3, 0.4) is 0 Å². The van der Waals surface area contributed by atoms with Crippen molar-refractivity contribution >= 4 is 11.9 Å². The van der Waals surface area contributed by atoms with Gasteiger partial charge >= 0.3 is 11.9 Å². The third-order valence-corrected chi connectivity index (χ3v) is 3.86. The van der Waals surface area contributed by atoms with Gasteiger partial charge in [-0.3, -0.25) is 0 Å². The molecule has 0 fully saturated rings. The van der Waals surface area contributed by atoms with Crippen molar-refractivity contribution < 1.29 is 19.1 Å². The third-order valence-electron chi connectivity index (χ3n) is 3.86. The van der Waals surface area contributed by atoms with E-state index in [0.29, 0.717) is 17.6 Å². The van der Waals surface area contributed by atoms with Crippen molar-refractivity contribution in [1.29, 1.82) is 0 Å². The number of hydrogen-bond acceptors (Lipinski definition) is 4. The lowest BCUT2D eigenvalue weighted by atomic mass is 10.0. The molecule has 0 aromatic rings. The van der Waals surface area contributed by atoms with Gasteiger partial charge in [-0.2, -0.15) is 0 Å². The Bertz CT molecular complexity index is 425. The summed E-state index contributed by atoms with van der Waals surface area (Å²) in [5.74, 6) is -0.903. The fourth-order valence-corrected chi connectivity index (χ4v) is 2.28. The van der Waals surface area contributed by atoms with Gasteiger partial charge in [-0.1, -0.05) is 58.6 Å². The van der Waals surface area contributed by atoms with Crippen LogP contribution >= 0.6 is 0 Å². The molecular weight excluding hydrogens is 304 g/mol. The molecule has 0 aliphatic rings. The molecular formula is C20H34O4. The van der Waals surface area contributed by atoms with Crippen LogP contribution in [0, 0.1) is 0 Å². The molecule has 0 N–H and O–H groups in total. The zero-order chi connectivity index (χ0) is 18.5. The van der Waals surface area contributed by atoms with Gasteiger partial charge in [0.2, 0.25) is 0 Å². The standard InChI is InChI=1S/C20H34O4/c1-7-8-9-10-11-12-13-14-18(24-20(22)16(4)5)17(6)23-19(21)15(2)3/h17-18H,2,4,7-14H2,1,3,5-6H3. The lowest BCUT2D eigenvalue weighted by molar-refractivity contribution is -0.162. The summed E-state index contributed by atoms with van der Waals surface area (Å²) < 4.78 is 10.8. The molecule has 0 saturated carbocycles. The summed E-state index contributed by atoms with van der Waals surface area (Å²) in [6, 6.07) is 0. The van der Waals surface area contributed by atoms with E-state index in [1.54, 1.807) is 20.8 Å². The van der Waals surface area contributed by atoms with Gasteiger partial charge in [-0.25, -0.2) is 9.59 Å². The molecule has 0 rings (SSSR count). The van der Waals surface area contributed by atoms with E-state index >= 15 is 0 Å². The molecule has 24 heavy (non-hydrogen) atoms. The van der Waals surface area contributed by atoms with E-state index in [9.17, 15) is 9.59 Å². The lowest BCUT2D eigenvalue weighted by Crippen LogP contribution is -2.33. The molecule has 0 aliphatic heterocycles. The maximum Gasteiger partial charge on any atom is 0.333 e. The predicted molar refractivity (Wildman–Crippen MR) is 97.7 cm³/mol. The first-order chi connectivity index (χ1) is 11.3. The van der Waals surface area contributed by atoms with Gasteiger partial charge in [-0.15, -0.1) is 0 Å². The molecule has 2 unspecified atom stereocenters. The fraction of sp³-hybridized carbons (Fsp3) is 0.700. The molecule has 0 aliphatic carbocycles. The van der Waals surface area contributed by atoms with Gasteiger partial charge < -0.3 is 9.47 Å². The second-order valence-corrected chi connectivity index (χ2v) is 6.52. The minimum Gasteiger partial charge on any atom is -0.455 e. The second-order valence-electron chi connectivity index (χ2n) is 6.52. The first-order valence-electron chi connectivity index (χ1n) is 9.02. The molecule has 4 heteroatoms. The van der Waals surface area contributed by atoms with Crippen molar-refractivity contribution in [1.82, 2.24) is 0 Å². The highest BCUT2D eigenvalue weighted by atomic mass is 16.6. The molecule has 0 spiro atoms. The highest BCUT2D eigenvalue weighted by Crippen LogP contribution is 2.17. The molecule has 4 nitrogen and oxygen atoms in total. The minimum absolute atomic E-state index is 0.336. The van der Waals surface area contributed by atoms with Crippen LogP contribution in [0.5, 0.6) is 0 Å². The van der Waals surface area contributed by atoms with Crippen LogP contribution in [0.15, 0.2) is 24.3 Å². The Morgan fingerprint density at radius 2 is 1.29 bits per heavy atom. The van der Waals surface area contributed by atoms with Gasteiger partial charge in [0.15, 0.2) is 0 Å². The summed E-state index contributed by atoms with van der Waals surface area (Å²) in [4.78, 5) is 23.5. The smallest absolute Gasteiger partial charge is 0.333 e. The Morgan fingerprint density at radius 3 is 1.79 bits per heavy atom. The summed E-state index contributed by atoms with van der Waals surface area (Å²) in [7, 11) is 0. The van der Waals surface area contributed by atoms with Crippen molar-refractivity contribution in [3.8, 4) is 0 Å². The summed E-state index contributed by atoms with van der Waals surface area (Å²) in [6.45, 7) is 14.3. The van der Waals surface area contributed by atoms with Crippen molar-refractivity contribution in [2.24, 2.45) is 0 Å². The molecule has 0 radical (unpaired) electrons. The molecule has 0 amide bonds. The van der Waals surface area contributed by atoms with Crippen LogP contribution in [0.1, 0.15) is 79.1 Å². The fourth-order valence-electron chi connectivity index (χ4n) is 2.28. The maximum atomic E-state index is 11.8. The van der Waals surface area contributed by atoms with Crippen molar-refractivity contribution in [2.45, 2.75) is 91.3 Å². The molecule has 0 aromatic heterocycles. The van der Waals surface area contributed by atoms with Gasteiger partial charge in [0.1, 0.15) is 12.2 Å². The monoisotopic (exact) mass is 338 g/mol. The Balaban J connectivity index is 4.42. The SMILES string of the molecule is C=C(C)C(=O)OC(C)C(CCCCCCCCC)OC(=O)C(=C)C. The summed E-state index contributed by atoms with van der Waals surface area (Å²) >= 11 is 0. The second kappa shape index (κ2) is 12.8. The molecule has 0 heterocycles. The number of esters is 2. The normalized spacial score (nSPS) is 13.0. The topological polar surface area (TPSA) is 52.6 Å². The van der Waals surface area contributed by atoms with Crippen LogP contribution in [-0.4, -0.2) is 24.1 Å². The van der Waals surface area contributed by atoms with E-state index < -0.39 is 24.1 Å². The highest BCUT2D eigenvalue weighted by Gasteiger charge is 2.25. The third kappa shape index (κ3) is 10.2. The Kier molecular flexibility index (Phi) is 12.0. The summed E-state index contributed by atoms with van der Waals surface area (Å²) in [6.07, 6.45) is 7.98. The number of unbranched alkanes of at least 4 members (excludes halogenated alkanes) is 6.